The van der Waals surface area contributed by atoms with Crippen molar-refractivity contribution in [2.24, 2.45) is 0 Å². The molecule has 15 heteroatoms. The lowest BCUT2D eigenvalue weighted by Gasteiger charge is -2.28. The zero-order valence-electron chi connectivity index (χ0n) is 27.6. The van der Waals surface area contributed by atoms with Gasteiger partial charge in [0.2, 0.25) is 0 Å². The molecule has 0 bridgehead atoms. The quantitative estimate of drug-likeness (QED) is 0.179. The van der Waals surface area contributed by atoms with Gasteiger partial charge >= 0.3 is 11.9 Å². The smallest absolute Gasteiger partial charge is 0.354 e. The molecule has 13 nitrogen and oxygen atoms in total. The first-order chi connectivity index (χ1) is 23.2. The van der Waals surface area contributed by atoms with E-state index in [9.17, 15) is 28.7 Å². The van der Waals surface area contributed by atoms with Crippen molar-refractivity contribution in [3.63, 3.8) is 0 Å². The van der Waals surface area contributed by atoms with E-state index in [0.29, 0.717) is 31.5 Å². The van der Waals surface area contributed by atoms with Crippen molar-refractivity contribution in [2.45, 2.75) is 65.6 Å². The molecule has 258 valence electrons. The maximum atomic E-state index is 14.0. The molecule has 1 atom stereocenters. The van der Waals surface area contributed by atoms with E-state index in [0.717, 1.165) is 50.5 Å². The number of ether oxygens (including phenoxy) is 2. The third-order valence-electron chi connectivity index (χ3n) is 8.05. The molecule has 2 aliphatic rings. The van der Waals surface area contributed by atoms with Gasteiger partial charge in [-0.05, 0) is 99.7 Å². The maximum Gasteiger partial charge on any atom is 0.354 e. The monoisotopic (exact) mass is 694 g/mol. The third kappa shape index (κ3) is 7.50. The summed E-state index contributed by atoms with van der Waals surface area (Å²) in [7, 11) is 0. The largest absolute Gasteiger partial charge is 0.482 e. The molecule has 0 unspecified atom stereocenters. The van der Waals surface area contributed by atoms with Crippen LogP contribution in [0.4, 0.5) is 10.1 Å². The highest BCUT2D eigenvalue weighted by atomic mass is 35.5. The minimum Gasteiger partial charge on any atom is -0.482 e. The van der Waals surface area contributed by atoms with Crippen LogP contribution in [0.2, 0.25) is 0 Å². The number of esters is 1. The molecule has 3 heterocycles. The summed E-state index contributed by atoms with van der Waals surface area (Å²) < 4.78 is 25.8. The predicted molar refractivity (Wildman–Crippen MR) is 177 cm³/mol. The van der Waals surface area contributed by atoms with Gasteiger partial charge in [0.15, 0.2) is 23.8 Å². The molecule has 0 spiro atoms. The predicted octanol–water partition coefficient (Wildman–Crippen LogP) is 4.92. The van der Waals surface area contributed by atoms with E-state index in [1.807, 2.05) is 32.0 Å². The molecule has 1 aliphatic carbocycles. The van der Waals surface area contributed by atoms with E-state index in [2.05, 4.69) is 20.2 Å². The Labute approximate surface area is 286 Å². The molecule has 4 aromatic rings. The van der Waals surface area contributed by atoms with Gasteiger partial charge in [0.1, 0.15) is 17.0 Å². The van der Waals surface area contributed by atoms with Crippen molar-refractivity contribution in [3.8, 4) is 5.75 Å². The summed E-state index contributed by atoms with van der Waals surface area (Å²) in [5, 5.41) is 16.0. The molecule has 6 rings (SSSR count). The van der Waals surface area contributed by atoms with Gasteiger partial charge in [-0.2, -0.15) is 5.10 Å². The molecule has 3 N–H and O–H groups in total. The number of aromatic carboxylic acids is 1. The third-order valence-corrected chi connectivity index (χ3v) is 8.18. The number of carboxylic acids is 1. The van der Waals surface area contributed by atoms with Crippen molar-refractivity contribution < 1.29 is 38.1 Å². The van der Waals surface area contributed by atoms with Crippen LogP contribution in [0.15, 0.2) is 42.6 Å². The second-order valence-corrected chi connectivity index (χ2v) is 12.7. The highest BCUT2D eigenvalue weighted by molar-refractivity contribution is 6.13. The zero-order valence-corrected chi connectivity index (χ0v) is 28.4. The Balaban J connectivity index is 0.000000244. The second-order valence-electron chi connectivity index (χ2n) is 12.5. The lowest BCUT2D eigenvalue weighted by Crippen LogP contribution is -2.38. The van der Waals surface area contributed by atoms with Crippen LogP contribution in [0.5, 0.6) is 5.75 Å². The molecule has 0 radical (unpaired) electrons. The number of hydrogen-bond acceptors (Lipinski definition) is 9. The fourth-order valence-corrected chi connectivity index (χ4v) is 5.96. The average molecular weight is 695 g/mol. The van der Waals surface area contributed by atoms with Crippen LogP contribution in [-0.4, -0.2) is 62.2 Å². The zero-order chi connectivity index (χ0) is 35.6. The van der Waals surface area contributed by atoms with Gasteiger partial charge in [-0.3, -0.25) is 9.59 Å². The average Bonchev–Trinajstić information content (AvgIpc) is 3.63. The Bertz CT molecular complexity index is 1960. The summed E-state index contributed by atoms with van der Waals surface area (Å²) >= 11 is 5.46. The second kappa shape index (κ2) is 14.2. The van der Waals surface area contributed by atoms with E-state index in [-0.39, 0.29) is 29.9 Å². The Hall–Kier alpha value is -5.08. The highest BCUT2D eigenvalue weighted by Crippen LogP contribution is 2.36. The number of likely N-dealkylation sites (N-methyl/N-ethyl adjacent to an activating group) is 1. The SMILES string of the molecule is CCN1C(=O)COc2ccc(CNCl)cc21.Cc1c(C(=O)OC(C)(C)C)ccc2c1CC[C@@H]2NC(=O)c1cc(C(=O)O)nc2c(F)cnn12. The van der Waals surface area contributed by atoms with Gasteiger partial charge in [0, 0.05) is 19.2 Å². The first-order valence-corrected chi connectivity index (χ1v) is 15.9. The summed E-state index contributed by atoms with van der Waals surface area (Å²) in [5.74, 6) is -2.49. The van der Waals surface area contributed by atoms with Crippen LogP contribution in [0, 0.1) is 12.7 Å². The van der Waals surface area contributed by atoms with Crippen LogP contribution < -0.4 is 19.8 Å². The number of nitrogens with zero attached hydrogens (tertiary/aromatic N) is 4. The lowest BCUT2D eigenvalue weighted by atomic mass is 9.97. The molecule has 2 aromatic carbocycles. The van der Waals surface area contributed by atoms with Crippen LogP contribution in [0.1, 0.15) is 93.7 Å². The van der Waals surface area contributed by atoms with Crippen molar-refractivity contribution in [3.05, 3.63) is 87.6 Å². The number of anilines is 1. The number of fused-ring (bicyclic) bond motifs is 3. The fourth-order valence-electron chi connectivity index (χ4n) is 5.81. The van der Waals surface area contributed by atoms with Gasteiger partial charge in [-0.1, -0.05) is 12.1 Å². The summed E-state index contributed by atoms with van der Waals surface area (Å²) in [4.78, 5) is 56.6. The number of hydrogen-bond donors (Lipinski definition) is 3. The van der Waals surface area contributed by atoms with Crippen LogP contribution in [0.3, 0.4) is 0 Å². The number of halogens is 2. The number of rotatable bonds is 7. The number of amides is 2. The van der Waals surface area contributed by atoms with Crippen molar-refractivity contribution in [2.75, 3.05) is 18.1 Å². The van der Waals surface area contributed by atoms with Gasteiger partial charge in [0.05, 0.1) is 23.5 Å². The molecule has 1 aliphatic heterocycles. The van der Waals surface area contributed by atoms with E-state index in [4.69, 9.17) is 21.3 Å². The minimum atomic E-state index is -1.39. The molecule has 0 saturated heterocycles. The van der Waals surface area contributed by atoms with Gasteiger partial charge in [-0.25, -0.2) is 28.3 Å². The Kier molecular flexibility index (Phi) is 10.2. The molecule has 0 fully saturated rings. The number of carbonyl (C=O) groups excluding carboxylic acids is 3. The molecule has 2 aromatic heterocycles. The first-order valence-electron chi connectivity index (χ1n) is 15.6. The molecule has 2 amide bonds. The Morgan fingerprint density at radius 3 is 2.61 bits per heavy atom. The summed E-state index contributed by atoms with van der Waals surface area (Å²) in [6, 6.07) is 9.89. The van der Waals surface area contributed by atoms with Gasteiger partial charge in [-0.15, -0.1) is 0 Å². The topological polar surface area (TPSA) is 164 Å². The van der Waals surface area contributed by atoms with E-state index in [1.165, 1.54) is 0 Å². The van der Waals surface area contributed by atoms with E-state index < -0.39 is 35.0 Å². The van der Waals surface area contributed by atoms with Gasteiger partial charge < -0.3 is 24.8 Å². The van der Waals surface area contributed by atoms with E-state index in [1.54, 1.807) is 37.8 Å². The Morgan fingerprint density at radius 2 is 1.94 bits per heavy atom. The van der Waals surface area contributed by atoms with Crippen LogP contribution in [0.25, 0.3) is 5.65 Å². The number of aromatic nitrogens is 3. The van der Waals surface area contributed by atoms with Crippen molar-refractivity contribution >= 4 is 46.9 Å². The van der Waals surface area contributed by atoms with Crippen molar-refractivity contribution in [1.29, 1.82) is 0 Å². The maximum absolute atomic E-state index is 14.0. The summed E-state index contributed by atoms with van der Waals surface area (Å²) in [5.41, 5.74) is 3.38. The van der Waals surface area contributed by atoms with Crippen LogP contribution in [-0.2, 0) is 22.5 Å². The summed E-state index contributed by atoms with van der Waals surface area (Å²) in [6.07, 6.45) is 2.11. The standard InChI is InChI=1S/C23H23FN4O5.C11H13ClN2O2/c1-11-12-7-8-16(14(12)6-5-13(11)22(32)33-23(2,3)4)27-20(29)18-9-17(21(30)31)26-19-15(24)10-25-28(18)19;1-2-14-9-5-8(6-13-12)3-4-10(9)16-7-11(14)15/h5-6,9-10,16H,7-8H2,1-4H3,(H,27,29)(H,30,31);3-5,13H,2,6-7H2,1H3/t16-;/m0./s1. The molecular weight excluding hydrogens is 659 g/mol. The van der Waals surface area contributed by atoms with Gasteiger partial charge in [0.25, 0.3) is 11.8 Å². The molecular formula is C34H36ClFN6O7. The Morgan fingerprint density at radius 1 is 1.18 bits per heavy atom. The van der Waals surface area contributed by atoms with Crippen LogP contribution >= 0.6 is 11.8 Å². The highest BCUT2D eigenvalue weighted by Gasteiger charge is 2.30. The number of carboxylic acid groups (broad SMARTS) is 1. The minimum absolute atomic E-state index is 0.00835. The normalized spacial score (nSPS) is 15.1. The number of benzene rings is 2. The number of carbonyl (C=O) groups is 4. The summed E-state index contributed by atoms with van der Waals surface area (Å²) in [6.45, 7) is 10.5. The fraction of sp³-hybridized carbons (Fsp3) is 0.353. The lowest BCUT2D eigenvalue weighted by molar-refractivity contribution is -0.121. The first kappa shape index (κ1) is 35.2. The van der Waals surface area contributed by atoms with E-state index >= 15 is 0 Å². The number of nitrogens with one attached hydrogen (secondary N) is 2. The van der Waals surface area contributed by atoms with Crippen molar-refractivity contribution in [1.82, 2.24) is 24.8 Å². The molecule has 0 saturated carbocycles. The molecule has 49 heavy (non-hydrogen) atoms.